The van der Waals surface area contributed by atoms with Crippen molar-refractivity contribution in [2.45, 2.75) is 78.7 Å². The van der Waals surface area contributed by atoms with Gasteiger partial charge in [-0.3, -0.25) is 0 Å². The first kappa shape index (κ1) is 16.0. The van der Waals surface area contributed by atoms with Crippen LogP contribution in [0.1, 0.15) is 72.6 Å². The summed E-state index contributed by atoms with van der Waals surface area (Å²) in [5.74, 6) is 0. The predicted octanol–water partition coefficient (Wildman–Crippen LogP) is 3.73. The molecule has 0 amide bonds. The standard InChI is InChI=1S/C16H33NO/c1-5-16(6-2,13-18)12-17-14-8-7-10-15(3,4)11-9-14/h14,17-18H,5-13H2,1-4H3. The van der Waals surface area contributed by atoms with Crippen LogP contribution in [0.15, 0.2) is 0 Å². The fourth-order valence-electron chi connectivity index (χ4n) is 3.01. The average Bonchev–Trinajstić information content (AvgIpc) is 2.53. The van der Waals surface area contributed by atoms with E-state index in [1.807, 2.05) is 0 Å². The van der Waals surface area contributed by atoms with Crippen molar-refractivity contribution in [2.75, 3.05) is 13.2 Å². The number of nitrogens with one attached hydrogen (secondary N) is 1. The zero-order chi connectivity index (χ0) is 13.6. The van der Waals surface area contributed by atoms with Crippen molar-refractivity contribution >= 4 is 0 Å². The molecule has 2 heteroatoms. The van der Waals surface area contributed by atoms with E-state index in [0.29, 0.717) is 18.1 Å². The fourth-order valence-corrected chi connectivity index (χ4v) is 3.01. The number of hydrogen-bond donors (Lipinski definition) is 2. The Morgan fingerprint density at radius 2 is 1.83 bits per heavy atom. The number of hydrogen-bond acceptors (Lipinski definition) is 2. The molecule has 0 heterocycles. The molecular formula is C16H33NO. The van der Waals surface area contributed by atoms with Gasteiger partial charge in [-0.15, -0.1) is 0 Å². The number of aliphatic hydroxyl groups is 1. The lowest BCUT2D eigenvalue weighted by Crippen LogP contribution is -2.41. The summed E-state index contributed by atoms with van der Waals surface area (Å²) in [4.78, 5) is 0. The molecule has 1 saturated carbocycles. The van der Waals surface area contributed by atoms with Crippen LogP contribution in [0, 0.1) is 10.8 Å². The maximum atomic E-state index is 9.60. The van der Waals surface area contributed by atoms with Crippen molar-refractivity contribution in [3.63, 3.8) is 0 Å². The lowest BCUT2D eigenvalue weighted by Gasteiger charge is -2.32. The summed E-state index contributed by atoms with van der Waals surface area (Å²) in [5.41, 5.74) is 0.627. The first-order chi connectivity index (χ1) is 8.47. The molecular weight excluding hydrogens is 222 g/mol. The van der Waals surface area contributed by atoms with Crippen LogP contribution in [0.3, 0.4) is 0 Å². The highest BCUT2D eigenvalue weighted by atomic mass is 16.3. The molecule has 108 valence electrons. The van der Waals surface area contributed by atoms with Crippen molar-refractivity contribution in [1.82, 2.24) is 5.32 Å². The SMILES string of the molecule is CCC(CC)(CO)CNC1CCCC(C)(C)CC1. The Kier molecular flexibility index (Phi) is 6.13. The Hall–Kier alpha value is -0.0800. The summed E-state index contributed by atoms with van der Waals surface area (Å²) < 4.78 is 0. The molecule has 0 bridgehead atoms. The molecule has 1 rings (SSSR count). The van der Waals surface area contributed by atoms with Gasteiger partial charge < -0.3 is 10.4 Å². The fraction of sp³-hybridized carbons (Fsp3) is 1.00. The van der Waals surface area contributed by atoms with E-state index >= 15 is 0 Å². The molecule has 0 aromatic heterocycles. The van der Waals surface area contributed by atoms with Gasteiger partial charge in [0.15, 0.2) is 0 Å². The molecule has 1 atom stereocenters. The third-order valence-corrected chi connectivity index (χ3v) is 5.18. The minimum absolute atomic E-state index is 0.0990. The Morgan fingerprint density at radius 3 is 2.39 bits per heavy atom. The van der Waals surface area contributed by atoms with Gasteiger partial charge in [0.05, 0.1) is 0 Å². The number of aliphatic hydroxyl groups excluding tert-OH is 1. The topological polar surface area (TPSA) is 32.3 Å². The summed E-state index contributed by atoms with van der Waals surface area (Å²) >= 11 is 0. The quantitative estimate of drug-likeness (QED) is 0.709. The second-order valence-corrected chi connectivity index (χ2v) is 7.04. The minimum Gasteiger partial charge on any atom is -0.396 e. The van der Waals surface area contributed by atoms with E-state index in [9.17, 15) is 5.11 Å². The van der Waals surface area contributed by atoms with Crippen molar-refractivity contribution in [2.24, 2.45) is 10.8 Å². The Morgan fingerprint density at radius 1 is 1.17 bits per heavy atom. The number of rotatable bonds is 6. The molecule has 0 aromatic carbocycles. The highest BCUT2D eigenvalue weighted by Gasteiger charge is 2.28. The largest absolute Gasteiger partial charge is 0.396 e. The Labute approximate surface area is 114 Å². The highest BCUT2D eigenvalue weighted by Crippen LogP contribution is 2.34. The van der Waals surface area contributed by atoms with Crippen molar-refractivity contribution in [1.29, 1.82) is 0 Å². The second kappa shape index (κ2) is 6.91. The van der Waals surface area contributed by atoms with Gasteiger partial charge in [0.1, 0.15) is 0 Å². The second-order valence-electron chi connectivity index (χ2n) is 7.04. The van der Waals surface area contributed by atoms with E-state index in [0.717, 1.165) is 19.4 Å². The van der Waals surface area contributed by atoms with Gasteiger partial charge in [0.2, 0.25) is 0 Å². The van der Waals surface area contributed by atoms with Gasteiger partial charge >= 0.3 is 0 Å². The van der Waals surface area contributed by atoms with Gasteiger partial charge in [-0.05, 0) is 43.9 Å². The molecule has 2 N–H and O–H groups in total. The Bertz CT molecular complexity index is 225. The molecule has 0 spiro atoms. The summed E-state index contributed by atoms with van der Waals surface area (Å²) in [5, 5.41) is 13.3. The molecule has 0 aromatic rings. The van der Waals surface area contributed by atoms with Crippen LogP contribution >= 0.6 is 0 Å². The van der Waals surface area contributed by atoms with Crippen LogP contribution in [0.5, 0.6) is 0 Å². The maximum absolute atomic E-state index is 9.60. The van der Waals surface area contributed by atoms with Gasteiger partial charge in [0, 0.05) is 24.6 Å². The molecule has 0 aliphatic heterocycles. The van der Waals surface area contributed by atoms with E-state index in [4.69, 9.17) is 0 Å². The van der Waals surface area contributed by atoms with Crippen LogP contribution in [0.2, 0.25) is 0 Å². The summed E-state index contributed by atoms with van der Waals surface area (Å²) in [6.07, 6.45) is 8.75. The minimum atomic E-state index is 0.0990. The molecule has 0 radical (unpaired) electrons. The smallest absolute Gasteiger partial charge is 0.0499 e. The highest BCUT2D eigenvalue weighted by molar-refractivity contribution is 4.84. The zero-order valence-electron chi connectivity index (χ0n) is 12.9. The monoisotopic (exact) mass is 255 g/mol. The van der Waals surface area contributed by atoms with Gasteiger partial charge in [0.25, 0.3) is 0 Å². The van der Waals surface area contributed by atoms with Gasteiger partial charge in [-0.25, -0.2) is 0 Å². The summed E-state index contributed by atoms with van der Waals surface area (Å²) in [7, 11) is 0. The molecule has 1 unspecified atom stereocenters. The van der Waals surface area contributed by atoms with Crippen LogP contribution in [0.4, 0.5) is 0 Å². The molecule has 0 saturated heterocycles. The van der Waals surface area contributed by atoms with E-state index in [1.54, 1.807) is 0 Å². The van der Waals surface area contributed by atoms with Crippen LogP contribution < -0.4 is 5.32 Å². The first-order valence-electron chi connectivity index (χ1n) is 7.81. The third kappa shape index (κ3) is 4.55. The molecule has 1 fully saturated rings. The average molecular weight is 255 g/mol. The van der Waals surface area contributed by atoms with Crippen molar-refractivity contribution in [3.8, 4) is 0 Å². The molecule has 2 nitrogen and oxygen atoms in total. The van der Waals surface area contributed by atoms with E-state index in [-0.39, 0.29) is 5.41 Å². The van der Waals surface area contributed by atoms with Gasteiger partial charge in [-0.1, -0.05) is 34.1 Å². The first-order valence-corrected chi connectivity index (χ1v) is 7.81. The van der Waals surface area contributed by atoms with Crippen LogP contribution in [0.25, 0.3) is 0 Å². The zero-order valence-corrected chi connectivity index (χ0v) is 12.9. The molecule has 18 heavy (non-hydrogen) atoms. The molecule has 1 aliphatic carbocycles. The van der Waals surface area contributed by atoms with E-state index in [1.165, 1.54) is 32.1 Å². The van der Waals surface area contributed by atoms with Crippen LogP contribution in [-0.4, -0.2) is 24.3 Å². The van der Waals surface area contributed by atoms with Crippen molar-refractivity contribution < 1.29 is 5.11 Å². The summed E-state index contributed by atoms with van der Waals surface area (Å²) in [6, 6.07) is 0.663. The molecule has 1 aliphatic rings. The lowest BCUT2D eigenvalue weighted by atomic mass is 9.82. The van der Waals surface area contributed by atoms with Crippen molar-refractivity contribution in [3.05, 3.63) is 0 Å². The van der Waals surface area contributed by atoms with E-state index in [2.05, 4.69) is 33.0 Å². The van der Waals surface area contributed by atoms with E-state index < -0.39 is 0 Å². The Balaban J connectivity index is 2.43. The normalized spacial score (nSPS) is 24.8. The maximum Gasteiger partial charge on any atom is 0.0499 e. The van der Waals surface area contributed by atoms with Gasteiger partial charge in [-0.2, -0.15) is 0 Å². The predicted molar refractivity (Wildman–Crippen MR) is 78.8 cm³/mol. The summed E-state index contributed by atoms with van der Waals surface area (Å²) in [6.45, 7) is 10.5. The lowest BCUT2D eigenvalue weighted by molar-refractivity contribution is 0.108. The third-order valence-electron chi connectivity index (χ3n) is 5.18. The van der Waals surface area contributed by atoms with Crippen LogP contribution in [-0.2, 0) is 0 Å².